The molecule has 1 aromatic rings. The third kappa shape index (κ3) is 3.82. The summed E-state index contributed by atoms with van der Waals surface area (Å²) in [5.41, 5.74) is 3.03. The molecule has 0 heterocycles. The number of methoxy groups -OCH3 is 1. The van der Waals surface area contributed by atoms with E-state index >= 15 is 0 Å². The van der Waals surface area contributed by atoms with Gasteiger partial charge in [0, 0.05) is 17.5 Å². The van der Waals surface area contributed by atoms with Gasteiger partial charge in [0.2, 0.25) is 0 Å². The number of ether oxygens (including phenoxy) is 1. The average molecular weight is 272 g/mol. The topological polar surface area (TPSA) is 50.7 Å². The summed E-state index contributed by atoms with van der Waals surface area (Å²) in [5.74, 6) is 0.481. The van der Waals surface area contributed by atoms with E-state index in [0.29, 0.717) is 17.0 Å². The number of hydrogen-bond acceptors (Lipinski definition) is 3. The standard InChI is InChI=1S/C16H20N2O2/c1-6-15(12(3)10-17-4)18-16(19)14-9-13(20-5)8-7-11(14)2/h6-10H,4H2,1-3,5H3,(H,18,19)/b12-10-,15-6+. The van der Waals surface area contributed by atoms with E-state index in [2.05, 4.69) is 17.0 Å². The number of amides is 1. The smallest absolute Gasteiger partial charge is 0.256 e. The van der Waals surface area contributed by atoms with E-state index in [-0.39, 0.29) is 5.91 Å². The molecule has 4 nitrogen and oxygen atoms in total. The first-order chi connectivity index (χ1) is 9.53. The summed E-state index contributed by atoms with van der Waals surface area (Å²) >= 11 is 0. The van der Waals surface area contributed by atoms with Gasteiger partial charge in [-0.3, -0.25) is 9.79 Å². The van der Waals surface area contributed by atoms with Crippen LogP contribution >= 0.6 is 0 Å². The molecule has 0 saturated carbocycles. The van der Waals surface area contributed by atoms with E-state index < -0.39 is 0 Å². The fraction of sp³-hybridized carbons (Fsp3) is 0.250. The molecule has 106 valence electrons. The van der Waals surface area contributed by atoms with Crippen molar-refractivity contribution in [1.82, 2.24) is 5.32 Å². The van der Waals surface area contributed by atoms with Crippen LogP contribution in [0.4, 0.5) is 0 Å². The predicted molar refractivity (Wildman–Crippen MR) is 82.3 cm³/mol. The Kier molecular flexibility index (Phi) is 5.72. The first-order valence-corrected chi connectivity index (χ1v) is 6.28. The lowest BCUT2D eigenvalue weighted by Crippen LogP contribution is -2.24. The highest BCUT2D eigenvalue weighted by Gasteiger charge is 2.12. The fourth-order valence-electron chi connectivity index (χ4n) is 1.77. The maximum atomic E-state index is 12.3. The molecule has 1 amide bonds. The number of nitrogens with one attached hydrogen (secondary N) is 1. The van der Waals surface area contributed by atoms with E-state index in [1.54, 1.807) is 19.4 Å². The normalized spacial score (nSPS) is 12.0. The molecule has 0 unspecified atom stereocenters. The van der Waals surface area contributed by atoms with Crippen LogP contribution in [0.15, 0.2) is 46.7 Å². The molecule has 0 spiro atoms. The van der Waals surface area contributed by atoms with Crippen molar-refractivity contribution in [2.24, 2.45) is 4.99 Å². The lowest BCUT2D eigenvalue weighted by molar-refractivity contribution is 0.0965. The van der Waals surface area contributed by atoms with Crippen LogP contribution in [0.3, 0.4) is 0 Å². The predicted octanol–water partition coefficient (Wildman–Crippen LogP) is 3.24. The molecular weight excluding hydrogens is 252 g/mol. The second-order valence-electron chi connectivity index (χ2n) is 4.33. The summed E-state index contributed by atoms with van der Waals surface area (Å²) in [7, 11) is 1.58. The van der Waals surface area contributed by atoms with Gasteiger partial charge in [-0.15, -0.1) is 0 Å². The van der Waals surface area contributed by atoms with Gasteiger partial charge >= 0.3 is 0 Å². The number of aryl methyl sites for hydroxylation is 1. The molecule has 0 aliphatic heterocycles. The lowest BCUT2D eigenvalue weighted by atomic mass is 10.1. The minimum atomic E-state index is -0.175. The maximum Gasteiger partial charge on any atom is 0.256 e. The van der Waals surface area contributed by atoms with Crippen molar-refractivity contribution in [3.8, 4) is 5.75 Å². The quantitative estimate of drug-likeness (QED) is 0.661. The molecule has 0 aliphatic rings. The molecule has 0 aromatic heterocycles. The molecule has 0 atom stereocenters. The summed E-state index contributed by atoms with van der Waals surface area (Å²) < 4.78 is 5.15. The number of nitrogens with zero attached hydrogens (tertiary/aromatic N) is 1. The van der Waals surface area contributed by atoms with Crippen LogP contribution in [0.25, 0.3) is 0 Å². The van der Waals surface area contributed by atoms with Crippen molar-refractivity contribution >= 4 is 12.6 Å². The molecule has 1 N–H and O–H groups in total. The van der Waals surface area contributed by atoms with Gasteiger partial charge in [-0.2, -0.15) is 0 Å². The molecule has 0 radical (unpaired) electrons. The number of carbonyl (C=O) groups is 1. The van der Waals surface area contributed by atoms with Crippen LogP contribution in [0, 0.1) is 6.92 Å². The van der Waals surface area contributed by atoms with Crippen molar-refractivity contribution in [2.45, 2.75) is 20.8 Å². The Morgan fingerprint density at radius 2 is 2.15 bits per heavy atom. The monoisotopic (exact) mass is 272 g/mol. The van der Waals surface area contributed by atoms with Crippen molar-refractivity contribution in [3.63, 3.8) is 0 Å². The van der Waals surface area contributed by atoms with E-state index in [9.17, 15) is 4.79 Å². The highest BCUT2D eigenvalue weighted by Crippen LogP contribution is 2.18. The minimum Gasteiger partial charge on any atom is -0.497 e. The molecule has 1 aromatic carbocycles. The molecule has 0 aliphatic carbocycles. The third-order valence-electron chi connectivity index (χ3n) is 2.94. The zero-order chi connectivity index (χ0) is 15.1. The van der Waals surface area contributed by atoms with Crippen molar-refractivity contribution in [1.29, 1.82) is 0 Å². The van der Waals surface area contributed by atoms with Gasteiger partial charge in [0.1, 0.15) is 5.75 Å². The molecular formula is C16H20N2O2. The number of aliphatic imine (C=N–C) groups is 1. The van der Waals surface area contributed by atoms with Crippen LogP contribution in [0.2, 0.25) is 0 Å². The van der Waals surface area contributed by atoms with E-state index in [4.69, 9.17) is 4.74 Å². The molecule has 0 fully saturated rings. The van der Waals surface area contributed by atoms with Gasteiger partial charge in [0.05, 0.1) is 7.11 Å². The molecule has 0 bridgehead atoms. The van der Waals surface area contributed by atoms with E-state index in [0.717, 1.165) is 11.1 Å². The number of rotatable bonds is 5. The molecule has 0 saturated heterocycles. The summed E-state index contributed by atoms with van der Waals surface area (Å²) in [5, 5.41) is 2.87. The van der Waals surface area contributed by atoms with E-state index in [1.807, 2.05) is 39.0 Å². The van der Waals surface area contributed by atoms with Crippen LogP contribution in [0.1, 0.15) is 29.8 Å². The highest BCUT2D eigenvalue weighted by atomic mass is 16.5. The Bertz CT molecular complexity index is 572. The number of carbonyl (C=O) groups excluding carboxylic acids is 1. The van der Waals surface area contributed by atoms with Crippen molar-refractivity contribution in [3.05, 3.63) is 52.9 Å². The lowest BCUT2D eigenvalue weighted by Gasteiger charge is -2.12. The Morgan fingerprint density at radius 3 is 2.70 bits per heavy atom. The summed E-state index contributed by atoms with van der Waals surface area (Å²) in [6.07, 6.45) is 3.43. The molecule has 4 heteroatoms. The molecule has 1 rings (SSSR count). The summed E-state index contributed by atoms with van der Waals surface area (Å²) in [6, 6.07) is 5.41. The van der Waals surface area contributed by atoms with Crippen LogP contribution in [-0.4, -0.2) is 19.7 Å². The number of hydrogen-bond donors (Lipinski definition) is 1. The second-order valence-corrected chi connectivity index (χ2v) is 4.33. The Hall–Kier alpha value is -2.36. The van der Waals surface area contributed by atoms with Crippen LogP contribution < -0.4 is 10.1 Å². The zero-order valence-corrected chi connectivity index (χ0v) is 12.4. The van der Waals surface area contributed by atoms with Gasteiger partial charge in [-0.05, 0) is 50.8 Å². The van der Waals surface area contributed by atoms with Gasteiger partial charge in [0.25, 0.3) is 5.91 Å². The Balaban J connectivity index is 3.01. The first-order valence-electron chi connectivity index (χ1n) is 6.28. The van der Waals surface area contributed by atoms with Gasteiger partial charge < -0.3 is 10.1 Å². The zero-order valence-electron chi connectivity index (χ0n) is 12.4. The third-order valence-corrected chi connectivity index (χ3v) is 2.94. The maximum absolute atomic E-state index is 12.3. The largest absolute Gasteiger partial charge is 0.497 e. The van der Waals surface area contributed by atoms with Crippen LogP contribution in [-0.2, 0) is 0 Å². The van der Waals surface area contributed by atoms with Gasteiger partial charge in [0.15, 0.2) is 0 Å². The first kappa shape index (κ1) is 15.7. The fourth-order valence-corrected chi connectivity index (χ4v) is 1.77. The SMILES string of the molecule is C=N/C=C(C)\C(=C/C)NC(=O)c1cc(OC)ccc1C. The van der Waals surface area contributed by atoms with Crippen molar-refractivity contribution in [2.75, 3.05) is 7.11 Å². The van der Waals surface area contributed by atoms with Crippen molar-refractivity contribution < 1.29 is 9.53 Å². The summed E-state index contributed by atoms with van der Waals surface area (Å²) in [4.78, 5) is 16.0. The minimum absolute atomic E-state index is 0.175. The Morgan fingerprint density at radius 1 is 1.45 bits per heavy atom. The van der Waals surface area contributed by atoms with Gasteiger partial charge in [-0.1, -0.05) is 12.1 Å². The van der Waals surface area contributed by atoms with Gasteiger partial charge in [-0.25, -0.2) is 0 Å². The summed E-state index contributed by atoms with van der Waals surface area (Å²) in [6.45, 7) is 9.01. The Labute approximate surface area is 119 Å². The van der Waals surface area contributed by atoms with Crippen LogP contribution in [0.5, 0.6) is 5.75 Å². The second kappa shape index (κ2) is 7.28. The average Bonchev–Trinajstić information content (AvgIpc) is 2.45. The van der Waals surface area contributed by atoms with E-state index in [1.165, 1.54) is 0 Å². The number of benzene rings is 1. The number of allylic oxidation sites excluding steroid dienone is 2. The highest BCUT2D eigenvalue weighted by molar-refractivity contribution is 5.97. The molecule has 20 heavy (non-hydrogen) atoms.